The number of rotatable bonds is 4. The van der Waals surface area contributed by atoms with Crippen LogP contribution in [0.25, 0.3) is 0 Å². The summed E-state index contributed by atoms with van der Waals surface area (Å²) in [5, 5.41) is 0. The highest BCUT2D eigenvalue weighted by Gasteiger charge is 2.12. The summed E-state index contributed by atoms with van der Waals surface area (Å²) >= 11 is 0. The maximum Gasteiger partial charge on any atom is 0.0110 e. The SMILES string of the molecule is CN1CCN(CCCP(C)C)CC1. The third-order valence-electron chi connectivity index (χ3n) is 2.68. The summed E-state index contributed by atoms with van der Waals surface area (Å²) in [5.74, 6) is 0. The Morgan fingerprint density at radius 2 is 1.69 bits per heavy atom. The van der Waals surface area contributed by atoms with Gasteiger partial charge in [-0.05, 0) is 39.5 Å². The fraction of sp³-hybridized carbons (Fsp3) is 1.00. The molecule has 78 valence electrons. The van der Waals surface area contributed by atoms with Gasteiger partial charge in [-0.3, -0.25) is 0 Å². The van der Waals surface area contributed by atoms with Crippen LogP contribution in [0.2, 0.25) is 0 Å². The van der Waals surface area contributed by atoms with Gasteiger partial charge in [-0.15, -0.1) is 7.92 Å². The Morgan fingerprint density at radius 1 is 1.08 bits per heavy atom. The van der Waals surface area contributed by atoms with Gasteiger partial charge in [0.15, 0.2) is 0 Å². The molecule has 0 saturated carbocycles. The van der Waals surface area contributed by atoms with Crippen molar-refractivity contribution < 1.29 is 0 Å². The van der Waals surface area contributed by atoms with Crippen LogP contribution >= 0.6 is 7.92 Å². The van der Waals surface area contributed by atoms with Gasteiger partial charge in [0.1, 0.15) is 0 Å². The molecule has 0 aromatic heterocycles. The van der Waals surface area contributed by atoms with E-state index in [0.29, 0.717) is 7.92 Å². The van der Waals surface area contributed by atoms with E-state index in [1.807, 2.05) is 0 Å². The van der Waals surface area contributed by atoms with Crippen LogP contribution < -0.4 is 0 Å². The summed E-state index contributed by atoms with van der Waals surface area (Å²) in [7, 11) is 2.54. The third-order valence-corrected chi connectivity index (χ3v) is 3.89. The molecular formula is C10H23N2P. The molecule has 0 atom stereocenters. The minimum Gasteiger partial charge on any atom is -0.304 e. The van der Waals surface area contributed by atoms with Crippen LogP contribution in [0.15, 0.2) is 0 Å². The van der Waals surface area contributed by atoms with E-state index in [2.05, 4.69) is 30.2 Å². The maximum absolute atomic E-state index is 2.61. The average molecular weight is 202 g/mol. The molecule has 1 heterocycles. The van der Waals surface area contributed by atoms with Crippen molar-refractivity contribution >= 4 is 7.92 Å². The molecule has 13 heavy (non-hydrogen) atoms. The van der Waals surface area contributed by atoms with E-state index in [0.717, 1.165) is 0 Å². The Balaban J connectivity index is 2.02. The van der Waals surface area contributed by atoms with Gasteiger partial charge in [0, 0.05) is 26.2 Å². The number of hydrogen-bond acceptors (Lipinski definition) is 2. The number of hydrogen-bond donors (Lipinski definition) is 0. The number of likely N-dealkylation sites (N-methyl/N-ethyl adjacent to an activating group) is 1. The van der Waals surface area contributed by atoms with Crippen molar-refractivity contribution in [1.29, 1.82) is 0 Å². The van der Waals surface area contributed by atoms with Gasteiger partial charge in [-0.1, -0.05) is 0 Å². The van der Waals surface area contributed by atoms with Crippen molar-refractivity contribution in [3.05, 3.63) is 0 Å². The molecule has 0 aromatic rings. The summed E-state index contributed by atoms with van der Waals surface area (Å²) in [6.45, 7) is 11.1. The number of piperazine rings is 1. The predicted octanol–water partition coefficient (Wildman–Crippen LogP) is 1.37. The number of nitrogens with zero attached hydrogens (tertiary/aromatic N) is 2. The minimum atomic E-state index is 0.327. The fourth-order valence-corrected chi connectivity index (χ4v) is 2.46. The zero-order valence-corrected chi connectivity index (χ0v) is 10.2. The topological polar surface area (TPSA) is 6.48 Å². The lowest BCUT2D eigenvalue weighted by Gasteiger charge is -2.32. The highest BCUT2D eigenvalue weighted by molar-refractivity contribution is 7.55. The predicted molar refractivity (Wildman–Crippen MR) is 62.2 cm³/mol. The van der Waals surface area contributed by atoms with Crippen LogP contribution in [-0.2, 0) is 0 Å². The molecule has 2 nitrogen and oxygen atoms in total. The molecule has 0 radical (unpaired) electrons. The van der Waals surface area contributed by atoms with Crippen LogP contribution in [0.5, 0.6) is 0 Å². The highest BCUT2D eigenvalue weighted by Crippen LogP contribution is 2.24. The molecule has 1 aliphatic rings. The molecule has 1 rings (SSSR count). The van der Waals surface area contributed by atoms with Gasteiger partial charge in [0.05, 0.1) is 0 Å². The van der Waals surface area contributed by atoms with E-state index < -0.39 is 0 Å². The second-order valence-corrected chi connectivity index (χ2v) is 6.91. The van der Waals surface area contributed by atoms with Gasteiger partial charge in [0.25, 0.3) is 0 Å². The Labute approximate surface area is 84.0 Å². The van der Waals surface area contributed by atoms with Crippen LogP contribution in [0, 0.1) is 0 Å². The molecule has 1 aliphatic heterocycles. The van der Waals surface area contributed by atoms with Gasteiger partial charge in [-0.25, -0.2) is 0 Å². The molecule has 1 fully saturated rings. The molecule has 0 amide bonds. The normalized spacial score (nSPS) is 21.2. The second-order valence-electron chi connectivity index (χ2n) is 4.30. The molecule has 0 unspecified atom stereocenters. The van der Waals surface area contributed by atoms with Crippen molar-refractivity contribution in [3.63, 3.8) is 0 Å². The molecule has 0 aromatic carbocycles. The first kappa shape index (κ1) is 11.4. The van der Waals surface area contributed by atoms with Crippen LogP contribution in [-0.4, -0.2) is 69.1 Å². The van der Waals surface area contributed by atoms with Crippen molar-refractivity contribution in [2.45, 2.75) is 6.42 Å². The lowest BCUT2D eigenvalue weighted by molar-refractivity contribution is 0.154. The maximum atomic E-state index is 2.61. The van der Waals surface area contributed by atoms with Crippen molar-refractivity contribution in [1.82, 2.24) is 9.80 Å². The van der Waals surface area contributed by atoms with Gasteiger partial charge in [0.2, 0.25) is 0 Å². The van der Waals surface area contributed by atoms with Crippen molar-refractivity contribution in [3.8, 4) is 0 Å². The lowest BCUT2D eigenvalue weighted by Crippen LogP contribution is -2.44. The van der Waals surface area contributed by atoms with E-state index >= 15 is 0 Å². The van der Waals surface area contributed by atoms with Gasteiger partial charge < -0.3 is 9.80 Å². The third kappa shape index (κ3) is 4.95. The van der Waals surface area contributed by atoms with Crippen LogP contribution in [0.4, 0.5) is 0 Å². The molecule has 0 spiro atoms. The van der Waals surface area contributed by atoms with E-state index in [-0.39, 0.29) is 0 Å². The summed E-state index contributed by atoms with van der Waals surface area (Å²) in [6.07, 6.45) is 2.85. The standard InChI is InChI=1S/C10H23N2P/c1-11-6-8-12(9-7-11)5-4-10-13(2)3/h4-10H2,1-3H3. The van der Waals surface area contributed by atoms with Gasteiger partial charge in [-0.2, -0.15) is 0 Å². The Hall–Kier alpha value is 0.350. The Morgan fingerprint density at radius 3 is 2.23 bits per heavy atom. The quantitative estimate of drug-likeness (QED) is 0.635. The highest BCUT2D eigenvalue weighted by atomic mass is 31.1. The van der Waals surface area contributed by atoms with E-state index in [1.54, 1.807) is 0 Å². The molecule has 0 N–H and O–H groups in total. The molecule has 0 aliphatic carbocycles. The smallest absolute Gasteiger partial charge is 0.0110 e. The lowest BCUT2D eigenvalue weighted by atomic mass is 10.3. The molecule has 0 bridgehead atoms. The fourth-order valence-electron chi connectivity index (χ4n) is 1.68. The zero-order chi connectivity index (χ0) is 9.68. The largest absolute Gasteiger partial charge is 0.304 e. The first-order valence-corrected chi connectivity index (χ1v) is 7.66. The van der Waals surface area contributed by atoms with Crippen molar-refractivity contribution in [2.24, 2.45) is 0 Å². The zero-order valence-electron chi connectivity index (χ0n) is 9.29. The summed E-state index contributed by atoms with van der Waals surface area (Å²) < 4.78 is 0. The molecule has 1 saturated heterocycles. The van der Waals surface area contributed by atoms with Gasteiger partial charge >= 0.3 is 0 Å². The monoisotopic (exact) mass is 202 g/mol. The molecular weight excluding hydrogens is 179 g/mol. The summed E-state index contributed by atoms with van der Waals surface area (Å²) in [4.78, 5) is 5.03. The van der Waals surface area contributed by atoms with E-state index in [1.165, 1.54) is 45.3 Å². The van der Waals surface area contributed by atoms with Crippen LogP contribution in [0.1, 0.15) is 6.42 Å². The Bertz CT molecular complexity index is 131. The minimum absolute atomic E-state index is 0.327. The average Bonchev–Trinajstić information content (AvgIpc) is 2.08. The van der Waals surface area contributed by atoms with E-state index in [9.17, 15) is 0 Å². The Kier molecular flexibility index (Phi) is 5.23. The summed E-state index contributed by atoms with van der Waals surface area (Å²) in [6, 6.07) is 0. The first-order valence-electron chi connectivity index (χ1n) is 5.24. The van der Waals surface area contributed by atoms with Crippen LogP contribution in [0.3, 0.4) is 0 Å². The van der Waals surface area contributed by atoms with Crippen molar-refractivity contribution in [2.75, 3.05) is 59.3 Å². The van der Waals surface area contributed by atoms with E-state index in [4.69, 9.17) is 0 Å². The second kappa shape index (κ2) is 5.95. The first-order chi connectivity index (χ1) is 6.18. The summed E-state index contributed by atoms with van der Waals surface area (Å²) in [5.41, 5.74) is 0. The molecule has 3 heteroatoms.